The summed E-state index contributed by atoms with van der Waals surface area (Å²) in [4.78, 5) is 3.86. The number of benzene rings is 1. The van der Waals surface area contributed by atoms with Gasteiger partial charge in [-0.05, 0) is 5.56 Å². The first-order chi connectivity index (χ1) is 5.83. The van der Waals surface area contributed by atoms with Crippen LogP contribution in [-0.4, -0.2) is 12.2 Å². The average molecular weight is 180 g/mol. The molecule has 0 saturated heterocycles. The zero-order valence-corrected chi connectivity index (χ0v) is 7.84. The third-order valence-electron chi connectivity index (χ3n) is 1.45. The number of nitrogens with zero attached hydrogens (tertiary/aromatic N) is 1. The molecule has 0 heterocycles. The number of hydrogen-bond donors (Lipinski definition) is 1. The predicted molar refractivity (Wildman–Crippen MR) is 55.3 cm³/mol. The van der Waals surface area contributed by atoms with Crippen LogP contribution in [-0.2, 0) is 5.75 Å². The number of amidine groups is 1. The Morgan fingerprint density at radius 1 is 1.42 bits per heavy atom. The van der Waals surface area contributed by atoms with E-state index >= 15 is 0 Å². The summed E-state index contributed by atoms with van der Waals surface area (Å²) in [7, 11) is 1.70. The highest BCUT2D eigenvalue weighted by atomic mass is 32.2. The van der Waals surface area contributed by atoms with E-state index in [1.165, 1.54) is 5.56 Å². The van der Waals surface area contributed by atoms with Crippen molar-refractivity contribution in [2.45, 2.75) is 5.75 Å². The standard InChI is InChI=1S/C9H12N2S/c1-11-9(10)12-7-8-5-3-2-4-6-8/h2-6H,7H2,1H3,(H2,10,11). The molecule has 0 atom stereocenters. The Hall–Kier alpha value is -0.960. The number of hydrogen-bond acceptors (Lipinski definition) is 2. The van der Waals surface area contributed by atoms with E-state index in [0.717, 1.165) is 5.75 Å². The van der Waals surface area contributed by atoms with E-state index in [-0.39, 0.29) is 0 Å². The van der Waals surface area contributed by atoms with Gasteiger partial charge in [0.2, 0.25) is 0 Å². The molecule has 1 aromatic rings. The fourth-order valence-corrected chi connectivity index (χ4v) is 1.43. The van der Waals surface area contributed by atoms with Gasteiger partial charge < -0.3 is 5.73 Å². The maximum Gasteiger partial charge on any atom is 0.153 e. The van der Waals surface area contributed by atoms with E-state index in [2.05, 4.69) is 17.1 Å². The van der Waals surface area contributed by atoms with Crippen LogP contribution in [0.3, 0.4) is 0 Å². The van der Waals surface area contributed by atoms with E-state index in [1.54, 1.807) is 18.8 Å². The van der Waals surface area contributed by atoms with Crippen molar-refractivity contribution in [1.82, 2.24) is 0 Å². The van der Waals surface area contributed by atoms with Crippen molar-refractivity contribution >= 4 is 16.9 Å². The summed E-state index contributed by atoms with van der Waals surface area (Å²) >= 11 is 1.56. The minimum absolute atomic E-state index is 0.638. The lowest BCUT2D eigenvalue weighted by Gasteiger charge is -1.99. The zero-order valence-electron chi connectivity index (χ0n) is 7.03. The van der Waals surface area contributed by atoms with Crippen LogP contribution in [0.15, 0.2) is 35.3 Å². The molecule has 1 aromatic carbocycles. The number of aliphatic imine (C=N–C) groups is 1. The number of thioether (sulfide) groups is 1. The normalized spacial score (nSPS) is 11.6. The van der Waals surface area contributed by atoms with E-state index in [4.69, 9.17) is 5.73 Å². The van der Waals surface area contributed by atoms with Gasteiger partial charge in [0.15, 0.2) is 5.17 Å². The first-order valence-electron chi connectivity index (χ1n) is 3.72. The van der Waals surface area contributed by atoms with Crippen LogP contribution in [0.25, 0.3) is 0 Å². The van der Waals surface area contributed by atoms with Gasteiger partial charge in [0, 0.05) is 12.8 Å². The first kappa shape index (κ1) is 9.13. The molecule has 0 aliphatic carbocycles. The molecule has 0 aliphatic rings. The SMILES string of the molecule is CN=C(N)SCc1ccccc1. The molecular formula is C9H12N2S. The van der Waals surface area contributed by atoms with Gasteiger partial charge in [0.05, 0.1) is 0 Å². The first-order valence-corrected chi connectivity index (χ1v) is 4.70. The van der Waals surface area contributed by atoms with E-state index in [1.807, 2.05) is 18.2 Å². The van der Waals surface area contributed by atoms with E-state index < -0.39 is 0 Å². The van der Waals surface area contributed by atoms with Gasteiger partial charge in [-0.3, -0.25) is 4.99 Å². The second-order valence-electron chi connectivity index (χ2n) is 2.34. The van der Waals surface area contributed by atoms with Gasteiger partial charge in [0.25, 0.3) is 0 Å². The largest absolute Gasteiger partial charge is 0.379 e. The molecule has 1 rings (SSSR count). The molecule has 0 aliphatic heterocycles. The van der Waals surface area contributed by atoms with Gasteiger partial charge in [-0.15, -0.1) is 0 Å². The van der Waals surface area contributed by atoms with Crippen LogP contribution in [0.5, 0.6) is 0 Å². The van der Waals surface area contributed by atoms with E-state index in [9.17, 15) is 0 Å². The second-order valence-corrected chi connectivity index (χ2v) is 3.33. The van der Waals surface area contributed by atoms with Crippen LogP contribution in [0.2, 0.25) is 0 Å². The van der Waals surface area contributed by atoms with Crippen molar-refractivity contribution in [3.63, 3.8) is 0 Å². The van der Waals surface area contributed by atoms with Crippen LogP contribution in [0.1, 0.15) is 5.56 Å². The maximum absolute atomic E-state index is 5.53. The van der Waals surface area contributed by atoms with Gasteiger partial charge in [-0.1, -0.05) is 42.1 Å². The number of rotatable bonds is 2. The lowest BCUT2D eigenvalue weighted by molar-refractivity contribution is 1.41. The molecule has 0 radical (unpaired) electrons. The molecule has 12 heavy (non-hydrogen) atoms. The van der Waals surface area contributed by atoms with Crippen LogP contribution < -0.4 is 5.73 Å². The fraction of sp³-hybridized carbons (Fsp3) is 0.222. The number of nitrogens with two attached hydrogens (primary N) is 1. The van der Waals surface area contributed by atoms with Crippen LogP contribution >= 0.6 is 11.8 Å². The fourth-order valence-electron chi connectivity index (χ4n) is 0.796. The average Bonchev–Trinajstić information content (AvgIpc) is 2.16. The third-order valence-corrected chi connectivity index (χ3v) is 2.41. The molecule has 0 spiro atoms. The topological polar surface area (TPSA) is 38.4 Å². The quantitative estimate of drug-likeness (QED) is 0.557. The van der Waals surface area contributed by atoms with Crippen LogP contribution in [0, 0.1) is 0 Å². The van der Waals surface area contributed by atoms with Gasteiger partial charge in [-0.25, -0.2) is 0 Å². The van der Waals surface area contributed by atoms with Gasteiger partial charge in [-0.2, -0.15) is 0 Å². The molecule has 0 saturated carbocycles. The third kappa shape index (κ3) is 2.96. The minimum atomic E-state index is 0.638. The Kier molecular flexibility index (Phi) is 3.67. The predicted octanol–water partition coefficient (Wildman–Crippen LogP) is 1.86. The van der Waals surface area contributed by atoms with Gasteiger partial charge in [0.1, 0.15) is 0 Å². The second kappa shape index (κ2) is 4.83. The molecule has 64 valence electrons. The molecule has 2 N–H and O–H groups in total. The van der Waals surface area contributed by atoms with Crippen LogP contribution in [0.4, 0.5) is 0 Å². The van der Waals surface area contributed by atoms with Crippen molar-refractivity contribution < 1.29 is 0 Å². The highest BCUT2D eigenvalue weighted by molar-refractivity contribution is 8.13. The molecule has 0 fully saturated rings. The zero-order chi connectivity index (χ0) is 8.81. The van der Waals surface area contributed by atoms with Gasteiger partial charge >= 0.3 is 0 Å². The van der Waals surface area contributed by atoms with Crippen molar-refractivity contribution in [2.24, 2.45) is 10.7 Å². The Labute approximate surface area is 76.9 Å². The molecule has 0 aromatic heterocycles. The van der Waals surface area contributed by atoms with Crippen molar-refractivity contribution in [3.8, 4) is 0 Å². The summed E-state index contributed by atoms with van der Waals surface area (Å²) in [5.74, 6) is 0.893. The summed E-state index contributed by atoms with van der Waals surface area (Å²) < 4.78 is 0. The van der Waals surface area contributed by atoms with Crippen molar-refractivity contribution in [1.29, 1.82) is 0 Å². The molecule has 0 bridgehead atoms. The Morgan fingerprint density at radius 3 is 2.67 bits per heavy atom. The Balaban J connectivity index is 2.44. The van der Waals surface area contributed by atoms with E-state index in [0.29, 0.717) is 5.17 Å². The maximum atomic E-state index is 5.53. The molecule has 0 unspecified atom stereocenters. The lowest BCUT2D eigenvalue weighted by atomic mass is 10.2. The highest BCUT2D eigenvalue weighted by Crippen LogP contribution is 2.10. The lowest BCUT2D eigenvalue weighted by Crippen LogP contribution is -2.05. The monoisotopic (exact) mass is 180 g/mol. The van der Waals surface area contributed by atoms with Crippen molar-refractivity contribution in [2.75, 3.05) is 7.05 Å². The smallest absolute Gasteiger partial charge is 0.153 e. The highest BCUT2D eigenvalue weighted by Gasteiger charge is 1.93. The Bertz CT molecular complexity index is 256. The van der Waals surface area contributed by atoms with Crippen molar-refractivity contribution in [3.05, 3.63) is 35.9 Å². The summed E-state index contributed by atoms with van der Waals surface area (Å²) in [6.45, 7) is 0. The Morgan fingerprint density at radius 2 is 2.08 bits per heavy atom. The summed E-state index contributed by atoms with van der Waals surface area (Å²) in [5, 5.41) is 0.638. The molecule has 3 heteroatoms. The minimum Gasteiger partial charge on any atom is -0.379 e. The molecule has 0 amide bonds. The summed E-state index contributed by atoms with van der Waals surface area (Å²) in [6, 6.07) is 10.2. The molecular weight excluding hydrogens is 168 g/mol. The molecule has 2 nitrogen and oxygen atoms in total. The summed E-state index contributed by atoms with van der Waals surface area (Å²) in [6.07, 6.45) is 0. The summed E-state index contributed by atoms with van der Waals surface area (Å²) in [5.41, 5.74) is 6.81.